The Bertz CT molecular complexity index is 186. The second-order valence-electron chi connectivity index (χ2n) is 2.27. The monoisotopic (exact) mass is 165 g/mol. The number of ether oxygens (including phenoxy) is 1. The molecule has 0 fully saturated rings. The zero-order valence-corrected chi connectivity index (χ0v) is 8.89. The largest absolute Gasteiger partial charge is 0.512 e. The van der Waals surface area contributed by atoms with Crippen LogP contribution in [0.5, 0.6) is 0 Å². The summed E-state index contributed by atoms with van der Waals surface area (Å²) in [6, 6.07) is 0. The minimum absolute atomic E-state index is 0. The third kappa shape index (κ3) is 2.51. The molecule has 3 nitrogen and oxygen atoms in total. The minimum Gasteiger partial charge on any atom is -0.512 e. The summed E-state index contributed by atoms with van der Waals surface area (Å²) < 4.78 is 4.45. The third-order valence-corrected chi connectivity index (χ3v) is 1.62. The second-order valence-corrected chi connectivity index (χ2v) is 2.27. The van der Waals surface area contributed by atoms with E-state index in [0.29, 0.717) is 18.4 Å². The number of methoxy groups -OCH3 is 1. The number of hydrogen-bond donors (Lipinski definition) is 1. The maximum absolute atomic E-state index is 10.8. The molecule has 57 valence electrons. The molecule has 0 aromatic carbocycles. The van der Waals surface area contributed by atoms with Crippen LogP contribution in [0.25, 0.3) is 0 Å². The van der Waals surface area contributed by atoms with E-state index in [0.717, 1.165) is 6.42 Å². The molecule has 0 amide bonds. The molecule has 0 aliphatic heterocycles. The molecule has 0 saturated heterocycles. The van der Waals surface area contributed by atoms with Crippen molar-refractivity contribution in [2.75, 3.05) is 7.11 Å². The summed E-state index contributed by atoms with van der Waals surface area (Å²) in [7, 11) is 1.32. The van der Waals surface area contributed by atoms with E-state index in [1.54, 1.807) is 0 Å². The van der Waals surface area contributed by atoms with Crippen molar-refractivity contribution in [2.24, 2.45) is 0 Å². The van der Waals surface area contributed by atoms with E-state index in [1.807, 2.05) is 0 Å². The van der Waals surface area contributed by atoms with Crippen molar-refractivity contribution in [1.29, 1.82) is 0 Å². The Labute approximate surface area is 87.7 Å². The molecule has 0 bridgehead atoms. The fourth-order valence-corrected chi connectivity index (χ4v) is 1.07. The van der Waals surface area contributed by atoms with Gasteiger partial charge >= 0.3 is 5.97 Å². The number of allylic oxidation sites excluding steroid dienone is 1. The molecule has 1 rings (SSSR count). The van der Waals surface area contributed by atoms with E-state index in [9.17, 15) is 4.79 Å². The van der Waals surface area contributed by atoms with Gasteiger partial charge in [0.15, 0.2) is 0 Å². The summed E-state index contributed by atoms with van der Waals surface area (Å²) in [6.07, 6.45) is 2.12. The standard InChI is InChI=1S/C7H10O3.Na/c1-10-7(9)5-3-2-4-6(5)8;/h8H,2-4H2,1H3;. The van der Waals surface area contributed by atoms with Crippen LogP contribution in [0.15, 0.2) is 11.3 Å². The topological polar surface area (TPSA) is 46.5 Å². The molecule has 1 N–H and O–H groups in total. The fraction of sp³-hybridized carbons (Fsp3) is 0.571. The van der Waals surface area contributed by atoms with Crippen molar-refractivity contribution in [3.8, 4) is 0 Å². The second kappa shape index (κ2) is 4.80. The van der Waals surface area contributed by atoms with Crippen LogP contribution in [-0.4, -0.2) is 47.7 Å². The number of aliphatic hydroxyl groups is 1. The molecule has 0 unspecified atom stereocenters. The molecule has 1 radical (unpaired) electrons. The Morgan fingerprint density at radius 1 is 1.55 bits per heavy atom. The van der Waals surface area contributed by atoms with Crippen LogP contribution < -0.4 is 0 Å². The van der Waals surface area contributed by atoms with Crippen molar-refractivity contribution < 1.29 is 14.6 Å². The maximum atomic E-state index is 10.8. The van der Waals surface area contributed by atoms with Gasteiger partial charge in [0.05, 0.1) is 12.7 Å². The normalized spacial score (nSPS) is 16.1. The van der Waals surface area contributed by atoms with Crippen molar-refractivity contribution >= 4 is 35.5 Å². The van der Waals surface area contributed by atoms with Gasteiger partial charge in [-0.1, -0.05) is 0 Å². The Balaban J connectivity index is 0.000001000. The van der Waals surface area contributed by atoms with Crippen molar-refractivity contribution in [3.05, 3.63) is 11.3 Å². The van der Waals surface area contributed by atoms with Gasteiger partial charge in [0.2, 0.25) is 0 Å². The summed E-state index contributed by atoms with van der Waals surface area (Å²) in [4.78, 5) is 10.8. The third-order valence-electron chi connectivity index (χ3n) is 1.62. The summed E-state index contributed by atoms with van der Waals surface area (Å²) in [5.74, 6) is -0.193. The first-order valence-corrected chi connectivity index (χ1v) is 3.25. The predicted octanol–water partition coefficient (Wildman–Crippen LogP) is 0.775. The first kappa shape index (κ1) is 11.0. The van der Waals surface area contributed by atoms with Crippen LogP contribution in [-0.2, 0) is 9.53 Å². The summed E-state index contributed by atoms with van der Waals surface area (Å²) in [5.41, 5.74) is 0.447. The van der Waals surface area contributed by atoms with Crippen LogP contribution in [0.3, 0.4) is 0 Å². The van der Waals surface area contributed by atoms with E-state index in [2.05, 4.69) is 4.74 Å². The number of rotatable bonds is 1. The molecule has 0 saturated carbocycles. The maximum Gasteiger partial charge on any atom is 0.337 e. The van der Waals surface area contributed by atoms with Crippen molar-refractivity contribution in [2.45, 2.75) is 19.3 Å². The molecule has 0 aromatic heterocycles. The first-order valence-electron chi connectivity index (χ1n) is 3.25. The van der Waals surface area contributed by atoms with Gasteiger partial charge in [-0.3, -0.25) is 0 Å². The minimum atomic E-state index is -0.394. The van der Waals surface area contributed by atoms with Gasteiger partial charge in [0, 0.05) is 36.0 Å². The van der Waals surface area contributed by atoms with Crippen LogP contribution >= 0.6 is 0 Å². The Morgan fingerprint density at radius 3 is 2.55 bits per heavy atom. The molecule has 0 heterocycles. The molecule has 0 spiro atoms. The van der Waals surface area contributed by atoms with Crippen molar-refractivity contribution in [3.63, 3.8) is 0 Å². The average molecular weight is 165 g/mol. The zero-order valence-electron chi connectivity index (χ0n) is 6.89. The van der Waals surface area contributed by atoms with Gasteiger partial charge in [0.25, 0.3) is 0 Å². The van der Waals surface area contributed by atoms with Crippen LogP contribution in [0, 0.1) is 0 Å². The fourth-order valence-electron chi connectivity index (χ4n) is 1.07. The van der Waals surface area contributed by atoms with Gasteiger partial charge in [-0.05, 0) is 12.8 Å². The molecule has 1 aliphatic rings. The molecular formula is C7H10NaO3. The number of carbonyl (C=O) groups is 1. The van der Waals surface area contributed by atoms with E-state index in [1.165, 1.54) is 7.11 Å². The van der Waals surface area contributed by atoms with Crippen LogP contribution in [0.1, 0.15) is 19.3 Å². The van der Waals surface area contributed by atoms with E-state index in [4.69, 9.17) is 5.11 Å². The number of carbonyl (C=O) groups excluding carboxylic acids is 1. The number of hydrogen-bond acceptors (Lipinski definition) is 3. The quantitative estimate of drug-likeness (QED) is 0.461. The Morgan fingerprint density at radius 2 is 2.18 bits per heavy atom. The van der Waals surface area contributed by atoms with Gasteiger partial charge < -0.3 is 9.84 Å². The summed E-state index contributed by atoms with van der Waals surface area (Å²) in [6.45, 7) is 0. The number of aliphatic hydroxyl groups excluding tert-OH is 1. The summed E-state index contributed by atoms with van der Waals surface area (Å²) in [5, 5.41) is 9.07. The first-order chi connectivity index (χ1) is 4.75. The molecule has 0 aromatic rings. The van der Waals surface area contributed by atoms with Crippen LogP contribution in [0.2, 0.25) is 0 Å². The van der Waals surface area contributed by atoms with Gasteiger partial charge in [-0.15, -0.1) is 0 Å². The predicted molar refractivity (Wildman–Crippen MR) is 41.3 cm³/mol. The van der Waals surface area contributed by atoms with Gasteiger partial charge in [0.1, 0.15) is 5.76 Å². The van der Waals surface area contributed by atoms with Crippen LogP contribution in [0.4, 0.5) is 0 Å². The zero-order chi connectivity index (χ0) is 7.56. The van der Waals surface area contributed by atoms with Gasteiger partial charge in [-0.25, -0.2) is 4.79 Å². The Hall–Kier alpha value is 0.0100. The van der Waals surface area contributed by atoms with Gasteiger partial charge in [-0.2, -0.15) is 0 Å². The molecule has 11 heavy (non-hydrogen) atoms. The average Bonchev–Trinajstić information content (AvgIpc) is 2.34. The van der Waals surface area contributed by atoms with E-state index < -0.39 is 5.97 Å². The SMILES string of the molecule is COC(=O)C1=C(O)CCC1.[Na]. The summed E-state index contributed by atoms with van der Waals surface area (Å²) >= 11 is 0. The molecule has 1 aliphatic carbocycles. The van der Waals surface area contributed by atoms with E-state index >= 15 is 0 Å². The molecule has 4 heteroatoms. The van der Waals surface area contributed by atoms with Crippen molar-refractivity contribution in [1.82, 2.24) is 0 Å². The Kier molecular flexibility index (Phi) is 4.81. The number of esters is 1. The van der Waals surface area contributed by atoms with E-state index in [-0.39, 0.29) is 35.3 Å². The molecule has 0 atom stereocenters. The molecular weight excluding hydrogens is 155 g/mol. The smallest absolute Gasteiger partial charge is 0.337 e.